The van der Waals surface area contributed by atoms with Crippen LogP contribution in [0.15, 0.2) is 18.2 Å². The number of phenols is 1. The zero-order valence-electron chi connectivity index (χ0n) is 13.6. The Morgan fingerprint density at radius 2 is 2.00 bits per heavy atom. The molecule has 1 saturated heterocycles. The number of esters is 2. The largest absolute Gasteiger partial charge is 0.504 e. The first kappa shape index (κ1) is 18.7. The van der Waals surface area contributed by atoms with Gasteiger partial charge in [-0.05, 0) is 18.2 Å². The number of rotatable bonds is 6. The molecule has 0 aliphatic carbocycles. The quantitative estimate of drug-likeness (QED) is 0.542. The highest BCUT2D eigenvalue weighted by Gasteiger charge is 2.48. The van der Waals surface area contributed by atoms with Crippen LogP contribution >= 0.6 is 0 Å². The van der Waals surface area contributed by atoms with Crippen molar-refractivity contribution in [3.63, 3.8) is 0 Å². The van der Waals surface area contributed by atoms with E-state index in [0.717, 1.165) is 6.92 Å². The summed E-state index contributed by atoms with van der Waals surface area (Å²) in [7, 11) is 0. The number of phenolic OH excluding ortho intramolecular Hbond substituents is 1. The molecule has 25 heavy (non-hydrogen) atoms. The van der Waals surface area contributed by atoms with E-state index in [9.17, 15) is 24.6 Å². The van der Waals surface area contributed by atoms with Gasteiger partial charge in [0.15, 0.2) is 17.6 Å². The van der Waals surface area contributed by atoms with Crippen LogP contribution in [-0.4, -0.2) is 59.6 Å². The number of carbonyl (C=O) groups is 3. The smallest absolute Gasteiger partial charge is 0.303 e. The summed E-state index contributed by atoms with van der Waals surface area (Å²) in [5.41, 5.74) is 0.237. The molecular formula is C16H18O9. The second kappa shape index (κ2) is 7.95. The summed E-state index contributed by atoms with van der Waals surface area (Å²) >= 11 is 0. The molecule has 0 bridgehead atoms. The molecule has 0 amide bonds. The maximum absolute atomic E-state index is 11.2. The van der Waals surface area contributed by atoms with Crippen LogP contribution in [-0.2, 0) is 23.8 Å². The fourth-order valence-electron chi connectivity index (χ4n) is 2.28. The first-order valence-corrected chi connectivity index (χ1v) is 7.40. The molecule has 1 aromatic carbocycles. The first-order chi connectivity index (χ1) is 11.8. The van der Waals surface area contributed by atoms with Gasteiger partial charge in [-0.1, -0.05) is 0 Å². The van der Waals surface area contributed by atoms with Gasteiger partial charge < -0.3 is 29.2 Å². The third-order valence-electron chi connectivity index (χ3n) is 3.41. The van der Waals surface area contributed by atoms with Crippen molar-refractivity contribution < 1.29 is 43.5 Å². The normalized spacial score (nSPS) is 25.2. The molecule has 1 aromatic rings. The molecule has 0 saturated carbocycles. The fraction of sp³-hybridized carbons (Fsp3) is 0.438. The molecule has 2 rings (SSSR count). The minimum absolute atomic E-state index is 0.0342. The van der Waals surface area contributed by atoms with Crippen molar-refractivity contribution in [3.05, 3.63) is 23.8 Å². The molecule has 9 heteroatoms. The molecule has 0 radical (unpaired) electrons. The summed E-state index contributed by atoms with van der Waals surface area (Å²) in [6.45, 7) is 2.09. The molecule has 2 N–H and O–H groups in total. The topological polar surface area (TPSA) is 129 Å². The highest BCUT2D eigenvalue weighted by atomic mass is 16.7. The van der Waals surface area contributed by atoms with E-state index in [1.165, 1.54) is 25.1 Å². The number of aromatic hydroxyl groups is 1. The second-order valence-corrected chi connectivity index (χ2v) is 5.37. The molecule has 136 valence electrons. The average molecular weight is 354 g/mol. The number of hydrogen-bond donors (Lipinski definition) is 2. The van der Waals surface area contributed by atoms with Gasteiger partial charge in [0.25, 0.3) is 0 Å². The van der Waals surface area contributed by atoms with Gasteiger partial charge in [0.05, 0.1) is 0 Å². The van der Waals surface area contributed by atoms with Gasteiger partial charge in [0, 0.05) is 19.4 Å². The lowest BCUT2D eigenvalue weighted by molar-refractivity contribution is -0.166. The standard InChI is InChI=1S/C16H18O9/c1-8(18)22-7-13-14(21)15(23-9(2)19)16(25-13)24-12-4-3-10(6-17)5-11(12)20/h3-6,13-16,20-21H,7H2,1-2H3. The maximum atomic E-state index is 11.2. The predicted molar refractivity (Wildman–Crippen MR) is 81.0 cm³/mol. The molecule has 0 spiro atoms. The van der Waals surface area contributed by atoms with Crippen LogP contribution in [0.5, 0.6) is 11.5 Å². The Hall–Kier alpha value is -2.65. The molecular weight excluding hydrogens is 336 g/mol. The van der Waals surface area contributed by atoms with Crippen LogP contribution in [0, 0.1) is 0 Å². The number of carbonyl (C=O) groups excluding carboxylic acids is 3. The van der Waals surface area contributed by atoms with Gasteiger partial charge in [-0.3, -0.25) is 14.4 Å². The minimum Gasteiger partial charge on any atom is -0.504 e. The Bertz CT molecular complexity index is 657. The van der Waals surface area contributed by atoms with Crippen molar-refractivity contribution in [2.75, 3.05) is 6.61 Å². The van der Waals surface area contributed by atoms with E-state index in [2.05, 4.69) is 0 Å². The Morgan fingerprint density at radius 3 is 2.56 bits per heavy atom. The van der Waals surface area contributed by atoms with Crippen molar-refractivity contribution in [1.82, 2.24) is 0 Å². The van der Waals surface area contributed by atoms with Gasteiger partial charge in [0.2, 0.25) is 6.29 Å². The summed E-state index contributed by atoms with van der Waals surface area (Å²) in [4.78, 5) is 32.8. The zero-order chi connectivity index (χ0) is 18.6. The Kier molecular flexibility index (Phi) is 5.94. The van der Waals surface area contributed by atoms with Gasteiger partial charge in [-0.2, -0.15) is 0 Å². The molecule has 9 nitrogen and oxygen atoms in total. The van der Waals surface area contributed by atoms with Crippen molar-refractivity contribution in [3.8, 4) is 11.5 Å². The van der Waals surface area contributed by atoms with Crippen LogP contribution in [0.1, 0.15) is 24.2 Å². The maximum Gasteiger partial charge on any atom is 0.303 e. The van der Waals surface area contributed by atoms with Gasteiger partial charge in [0.1, 0.15) is 25.1 Å². The van der Waals surface area contributed by atoms with Crippen molar-refractivity contribution in [2.45, 2.75) is 38.4 Å². The van der Waals surface area contributed by atoms with E-state index in [-0.39, 0.29) is 23.7 Å². The molecule has 1 aliphatic rings. The number of aliphatic hydroxyl groups is 1. The lowest BCUT2D eigenvalue weighted by Crippen LogP contribution is -2.39. The SMILES string of the molecule is CC(=O)OCC1OC(Oc2ccc(C=O)cc2O)C(OC(C)=O)C1O. The molecule has 1 aliphatic heterocycles. The Morgan fingerprint density at radius 1 is 1.28 bits per heavy atom. The minimum atomic E-state index is -1.30. The Labute approximate surface area is 143 Å². The van der Waals surface area contributed by atoms with Crippen LogP contribution < -0.4 is 4.74 Å². The monoisotopic (exact) mass is 354 g/mol. The van der Waals surface area contributed by atoms with Crippen molar-refractivity contribution in [1.29, 1.82) is 0 Å². The molecule has 4 unspecified atom stereocenters. The lowest BCUT2D eigenvalue weighted by atomic mass is 10.1. The third-order valence-corrected chi connectivity index (χ3v) is 3.41. The lowest BCUT2D eigenvalue weighted by Gasteiger charge is -2.21. The highest BCUT2D eigenvalue weighted by Crippen LogP contribution is 2.32. The summed E-state index contributed by atoms with van der Waals surface area (Å²) < 4.78 is 20.7. The highest BCUT2D eigenvalue weighted by molar-refractivity contribution is 5.76. The van der Waals surface area contributed by atoms with E-state index >= 15 is 0 Å². The summed E-state index contributed by atoms with van der Waals surface area (Å²) in [6.07, 6.45) is -4.16. The Balaban J connectivity index is 2.16. The molecule has 1 heterocycles. The number of aliphatic hydroxyl groups excluding tert-OH is 1. The second-order valence-electron chi connectivity index (χ2n) is 5.37. The van der Waals surface area contributed by atoms with E-state index in [1.807, 2.05) is 0 Å². The number of aldehydes is 1. The summed E-state index contributed by atoms with van der Waals surface area (Å²) in [5, 5.41) is 20.1. The van der Waals surface area contributed by atoms with Crippen molar-refractivity contribution in [2.24, 2.45) is 0 Å². The molecule has 0 aromatic heterocycles. The fourth-order valence-corrected chi connectivity index (χ4v) is 2.28. The van der Waals surface area contributed by atoms with E-state index < -0.39 is 36.5 Å². The molecule has 4 atom stereocenters. The number of benzene rings is 1. The van der Waals surface area contributed by atoms with Crippen LogP contribution in [0.4, 0.5) is 0 Å². The molecule has 1 fully saturated rings. The van der Waals surface area contributed by atoms with Gasteiger partial charge in [-0.15, -0.1) is 0 Å². The van der Waals surface area contributed by atoms with Crippen molar-refractivity contribution >= 4 is 18.2 Å². The van der Waals surface area contributed by atoms with Crippen LogP contribution in [0.3, 0.4) is 0 Å². The average Bonchev–Trinajstić information content (AvgIpc) is 2.83. The number of ether oxygens (including phenoxy) is 4. The van der Waals surface area contributed by atoms with E-state index in [1.54, 1.807) is 0 Å². The van der Waals surface area contributed by atoms with Gasteiger partial charge in [-0.25, -0.2) is 0 Å². The summed E-state index contributed by atoms with van der Waals surface area (Å²) in [6, 6.07) is 3.93. The third kappa shape index (κ3) is 4.68. The zero-order valence-corrected chi connectivity index (χ0v) is 13.6. The predicted octanol–water partition coefficient (Wildman–Crippen LogP) is 0.164. The first-order valence-electron chi connectivity index (χ1n) is 7.40. The van der Waals surface area contributed by atoms with Crippen LogP contribution in [0.2, 0.25) is 0 Å². The number of hydrogen-bond acceptors (Lipinski definition) is 9. The van der Waals surface area contributed by atoms with E-state index in [0.29, 0.717) is 6.29 Å². The van der Waals surface area contributed by atoms with Gasteiger partial charge >= 0.3 is 11.9 Å². The van der Waals surface area contributed by atoms with Crippen LogP contribution in [0.25, 0.3) is 0 Å². The van der Waals surface area contributed by atoms with E-state index in [4.69, 9.17) is 18.9 Å². The summed E-state index contributed by atoms with van der Waals surface area (Å²) in [5.74, 6) is -1.60.